The Morgan fingerprint density at radius 3 is 2.74 bits per heavy atom. The lowest BCUT2D eigenvalue weighted by molar-refractivity contribution is 0.307. The Labute approximate surface area is 117 Å². The molecule has 1 aromatic carbocycles. The molecule has 7 heteroatoms. The van der Waals surface area contributed by atoms with Crippen LogP contribution in [0.5, 0.6) is 5.75 Å². The standard InChI is InChI=1S/C12H19NO4S2/c1-11-5-2-3-6-12(11)17-9-4-7-13-8-10-18-19(14,15)16/h2-3,5-6,13H,4,7-10H2,1H3,(H,14,15,16). The van der Waals surface area contributed by atoms with Gasteiger partial charge in [-0.1, -0.05) is 18.2 Å². The summed E-state index contributed by atoms with van der Waals surface area (Å²) in [6.45, 7) is 3.90. The maximum atomic E-state index is 10.4. The van der Waals surface area contributed by atoms with Gasteiger partial charge in [-0.05, 0) is 42.3 Å². The first-order chi connectivity index (χ1) is 8.99. The van der Waals surface area contributed by atoms with Crippen molar-refractivity contribution in [2.24, 2.45) is 0 Å². The predicted molar refractivity (Wildman–Crippen MR) is 78.2 cm³/mol. The first-order valence-electron chi connectivity index (χ1n) is 6.00. The zero-order valence-corrected chi connectivity index (χ0v) is 12.5. The van der Waals surface area contributed by atoms with Gasteiger partial charge in [0.1, 0.15) is 5.75 Å². The molecule has 0 fully saturated rings. The van der Waals surface area contributed by atoms with E-state index in [0.29, 0.717) is 29.7 Å². The third-order valence-electron chi connectivity index (χ3n) is 2.36. The Balaban J connectivity index is 2.02. The van der Waals surface area contributed by atoms with E-state index in [-0.39, 0.29) is 0 Å². The minimum Gasteiger partial charge on any atom is -0.493 e. The molecule has 0 aliphatic carbocycles. The van der Waals surface area contributed by atoms with Gasteiger partial charge in [0.15, 0.2) is 0 Å². The fourth-order valence-electron chi connectivity index (χ4n) is 1.44. The molecule has 0 bridgehead atoms. The number of rotatable bonds is 9. The molecule has 0 amide bonds. The van der Waals surface area contributed by atoms with Gasteiger partial charge < -0.3 is 10.1 Å². The van der Waals surface area contributed by atoms with Gasteiger partial charge in [-0.2, -0.15) is 8.42 Å². The highest BCUT2D eigenvalue weighted by Gasteiger charge is 2.03. The summed E-state index contributed by atoms with van der Waals surface area (Å²) in [6.07, 6.45) is 0.838. The number of aryl methyl sites for hydroxylation is 1. The Kier molecular flexibility index (Phi) is 7.22. The van der Waals surface area contributed by atoms with E-state index in [1.54, 1.807) is 0 Å². The summed E-state index contributed by atoms with van der Waals surface area (Å²) in [5, 5.41) is 3.08. The zero-order valence-electron chi connectivity index (χ0n) is 10.8. The van der Waals surface area contributed by atoms with Crippen molar-refractivity contribution in [2.45, 2.75) is 13.3 Å². The van der Waals surface area contributed by atoms with Crippen LogP contribution in [-0.2, 0) is 9.15 Å². The van der Waals surface area contributed by atoms with E-state index in [9.17, 15) is 8.42 Å². The second kappa shape index (κ2) is 8.42. The van der Waals surface area contributed by atoms with E-state index in [1.165, 1.54) is 0 Å². The van der Waals surface area contributed by atoms with E-state index in [4.69, 9.17) is 9.29 Å². The average molecular weight is 305 g/mol. The van der Waals surface area contributed by atoms with E-state index in [0.717, 1.165) is 24.3 Å². The van der Waals surface area contributed by atoms with Gasteiger partial charge in [0.25, 0.3) is 0 Å². The molecular weight excluding hydrogens is 286 g/mol. The summed E-state index contributed by atoms with van der Waals surface area (Å²) in [6, 6.07) is 7.84. The molecule has 0 saturated heterocycles. The SMILES string of the molecule is Cc1ccccc1OCCCNCCSS(=O)(=O)O. The minimum atomic E-state index is -3.91. The van der Waals surface area contributed by atoms with Crippen LogP contribution in [0, 0.1) is 6.92 Å². The number of ether oxygens (including phenoxy) is 1. The molecule has 0 radical (unpaired) electrons. The van der Waals surface area contributed by atoms with Crippen molar-refractivity contribution in [3.8, 4) is 5.75 Å². The zero-order chi connectivity index (χ0) is 14.1. The molecule has 0 aliphatic rings. The van der Waals surface area contributed by atoms with Crippen LogP contribution in [0.2, 0.25) is 0 Å². The molecule has 0 unspecified atom stereocenters. The van der Waals surface area contributed by atoms with Crippen molar-refractivity contribution < 1.29 is 17.7 Å². The quantitative estimate of drug-likeness (QED) is 0.412. The largest absolute Gasteiger partial charge is 0.493 e. The van der Waals surface area contributed by atoms with E-state index in [2.05, 4.69) is 5.32 Å². The van der Waals surface area contributed by atoms with Crippen LogP contribution in [0.3, 0.4) is 0 Å². The van der Waals surface area contributed by atoms with Crippen LogP contribution < -0.4 is 10.1 Å². The van der Waals surface area contributed by atoms with Crippen LogP contribution in [0.1, 0.15) is 12.0 Å². The molecule has 0 spiro atoms. The molecular formula is C12H19NO4S2. The molecule has 0 heterocycles. The maximum Gasteiger partial charge on any atom is 0.319 e. The Morgan fingerprint density at radius 1 is 1.32 bits per heavy atom. The molecule has 19 heavy (non-hydrogen) atoms. The van der Waals surface area contributed by atoms with Crippen molar-refractivity contribution in [1.29, 1.82) is 0 Å². The first-order valence-corrected chi connectivity index (χ1v) is 8.94. The molecule has 0 saturated carbocycles. The van der Waals surface area contributed by atoms with Crippen LogP contribution in [0.25, 0.3) is 0 Å². The van der Waals surface area contributed by atoms with Crippen LogP contribution in [0.15, 0.2) is 24.3 Å². The summed E-state index contributed by atoms with van der Waals surface area (Å²) in [4.78, 5) is 0. The number of hydrogen-bond acceptors (Lipinski definition) is 5. The molecule has 0 atom stereocenters. The summed E-state index contributed by atoms with van der Waals surface area (Å²) < 4.78 is 35.0. The molecule has 0 aliphatic heterocycles. The Bertz CT molecular complexity index is 476. The third kappa shape index (κ3) is 8.10. The molecule has 1 aromatic rings. The molecule has 2 N–H and O–H groups in total. The normalized spacial score (nSPS) is 11.5. The Morgan fingerprint density at radius 2 is 2.05 bits per heavy atom. The van der Waals surface area contributed by atoms with Gasteiger partial charge in [0.2, 0.25) is 0 Å². The fraction of sp³-hybridized carbons (Fsp3) is 0.500. The van der Waals surface area contributed by atoms with Gasteiger partial charge in [-0.3, -0.25) is 4.55 Å². The lowest BCUT2D eigenvalue weighted by Crippen LogP contribution is -2.20. The number of hydrogen-bond donors (Lipinski definition) is 2. The monoisotopic (exact) mass is 305 g/mol. The predicted octanol–water partition coefficient (Wildman–Crippen LogP) is 1.89. The maximum absolute atomic E-state index is 10.4. The van der Waals surface area contributed by atoms with E-state index in [1.807, 2.05) is 31.2 Å². The van der Waals surface area contributed by atoms with Crippen molar-refractivity contribution in [3.63, 3.8) is 0 Å². The lowest BCUT2D eigenvalue weighted by Gasteiger charge is -2.09. The number of benzene rings is 1. The summed E-state index contributed by atoms with van der Waals surface area (Å²) >= 11 is 0. The van der Waals surface area contributed by atoms with Crippen molar-refractivity contribution in [1.82, 2.24) is 5.32 Å². The lowest BCUT2D eigenvalue weighted by atomic mass is 10.2. The second-order valence-electron chi connectivity index (χ2n) is 3.97. The van der Waals surface area contributed by atoms with Crippen LogP contribution in [-0.4, -0.2) is 38.4 Å². The van der Waals surface area contributed by atoms with Gasteiger partial charge in [0.05, 0.1) is 6.61 Å². The topological polar surface area (TPSA) is 75.6 Å². The number of nitrogens with one attached hydrogen (secondary N) is 1. The van der Waals surface area contributed by atoms with Gasteiger partial charge in [0, 0.05) is 12.3 Å². The molecule has 108 valence electrons. The fourth-order valence-corrected chi connectivity index (χ4v) is 2.76. The smallest absolute Gasteiger partial charge is 0.319 e. The summed E-state index contributed by atoms with van der Waals surface area (Å²) in [7, 11) is -3.38. The second-order valence-corrected chi connectivity index (χ2v) is 7.44. The van der Waals surface area contributed by atoms with Gasteiger partial charge in [-0.25, -0.2) is 0 Å². The summed E-state index contributed by atoms with van der Waals surface area (Å²) in [5.41, 5.74) is 1.11. The molecule has 1 rings (SSSR count). The van der Waals surface area contributed by atoms with E-state index >= 15 is 0 Å². The highest BCUT2D eigenvalue weighted by molar-refractivity contribution is 8.69. The van der Waals surface area contributed by atoms with Crippen molar-refractivity contribution >= 4 is 19.9 Å². The average Bonchev–Trinajstić information content (AvgIpc) is 2.33. The summed E-state index contributed by atoms with van der Waals surface area (Å²) in [5.74, 6) is 1.22. The van der Waals surface area contributed by atoms with Crippen molar-refractivity contribution in [2.75, 3.05) is 25.4 Å². The highest BCUT2D eigenvalue weighted by Crippen LogP contribution is 2.15. The van der Waals surface area contributed by atoms with Crippen LogP contribution in [0.4, 0.5) is 0 Å². The molecule has 5 nitrogen and oxygen atoms in total. The molecule has 0 aromatic heterocycles. The van der Waals surface area contributed by atoms with Gasteiger partial charge >= 0.3 is 9.15 Å². The van der Waals surface area contributed by atoms with Gasteiger partial charge in [-0.15, -0.1) is 0 Å². The highest BCUT2D eigenvalue weighted by atomic mass is 33.1. The Hall–Kier alpha value is -0.760. The number of para-hydroxylation sites is 1. The minimum absolute atomic E-state index is 0.331. The first kappa shape index (κ1) is 16.3. The third-order valence-corrected chi connectivity index (χ3v) is 4.42. The van der Waals surface area contributed by atoms with Crippen LogP contribution >= 0.6 is 10.8 Å². The van der Waals surface area contributed by atoms with Crippen molar-refractivity contribution in [3.05, 3.63) is 29.8 Å². The van der Waals surface area contributed by atoms with E-state index < -0.39 is 9.15 Å².